The Balaban J connectivity index is 2.89. The van der Waals surface area contributed by atoms with Crippen LogP contribution in [-0.4, -0.2) is 19.1 Å². The molecule has 6 heteroatoms. The van der Waals surface area contributed by atoms with Gasteiger partial charge in [0.2, 0.25) is 0 Å². The Labute approximate surface area is 79.5 Å². The molecule has 1 N–H and O–H groups in total. The largest absolute Gasteiger partial charge is 0.417 e. The summed E-state index contributed by atoms with van der Waals surface area (Å²) in [6, 6.07) is 2.30. The summed E-state index contributed by atoms with van der Waals surface area (Å²) < 4.78 is 36.4. The first-order chi connectivity index (χ1) is 6.45. The molecule has 0 atom stereocenters. The number of nitrogens with one attached hydrogen (secondary N) is 1. The van der Waals surface area contributed by atoms with Crippen molar-refractivity contribution in [1.82, 2.24) is 10.4 Å². The predicted molar refractivity (Wildman–Crippen MR) is 46.7 cm³/mol. The lowest BCUT2D eigenvalue weighted by Gasteiger charge is -2.16. The van der Waals surface area contributed by atoms with Crippen molar-refractivity contribution in [2.45, 2.75) is 6.18 Å². The summed E-state index contributed by atoms with van der Waals surface area (Å²) in [5, 5.41) is 1.51. The number of alkyl halides is 3. The molecule has 1 aromatic heterocycles. The van der Waals surface area contributed by atoms with Crippen LogP contribution in [0.1, 0.15) is 5.56 Å². The van der Waals surface area contributed by atoms with Gasteiger partial charge in [0.15, 0.2) is 0 Å². The minimum Gasteiger partial charge on any atom is -0.296 e. The molecular weight excluding hydrogens is 195 g/mol. The molecule has 0 bridgehead atoms. The third kappa shape index (κ3) is 2.35. The number of hydrazine groups is 1. The van der Waals surface area contributed by atoms with Crippen LogP contribution in [0, 0.1) is 0 Å². The molecule has 1 heterocycles. The Hall–Kier alpha value is -1.30. The molecule has 78 valence electrons. The summed E-state index contributed by atoms with van der Waals surface area (Å²) in [5.74, 6) is 0.431. The topological polar surface area (TPSA) is 28.2 Å². The van der Waals surface area contributed by atoms with Gasteiger partial charge in [-0.15, -0.1) is 0 Å². The number of nitrogens with zero attached hydrogens (tertiary/aromatic N) is 2. The summed E-state index contributed by atoms with van der Waals surface area (Å²) in [7, 11) is 3.31. The molecule has 1 rings (SSSR count). The molecule has 0 aliphatic heterocycles. The highest BCUT2D eigenvalue weighted by atomic mass is 19.4. The molecule has 0 saturated heterocycles. The van der Waals surface area contributed by atoms with Crippen molar-refractivity contribution >= 4 is 5.82 Å². The normalized spacial score (nSPS) is 11.5. The summed E-state index contributed by atoms with van der Waals surface area (Å²) in [6.45, 7) is 0. The van der Waals surface area contributed by atoms with Gasteiger partial charge in [0.05, 0.1) is 5.56 Å². The van der Waals surface area contributed by atoms with Gasteiger partial charge in [0.1, 0.15) is 5.82 Å². The summed E-state index contributed by atoms with van der Waals surface area (Å²) >= 11 is 0. The van der Waals surface area contributed by atoms with Gasteiger partial charge in [0.25, 0.3) is 0 Å². The summed E-state index contributed by atoms with van der Waals surface area (Å²) in [5.41, 5.74) is 1.98. The van der Waals surface area contributed by atoms with Crippen molar-refractivity contribution < 1.29 is 13.2 Å². The SMILES string of the molecule is CNN(C)c1ccc(C(F)(F)F)cn1. The maximum absolute atomic E-state index is 12.1. The highest BCUT2D eigenvalue weighted by molar-refractivity contribution is 5.37. The van der Waals surface area contributed by atoms with Crippen molar-refractivity contribution in [3.63, 3.8) is 0 Å². The van der Waals surface area contributed by atoms with E-state index in [2.05, 4.69) is 10.4 Å². The highest BCUT2D eigenvalue weighted by Crippen LogP contribution is 2.28. The van der Waals surface area contributed by atoms with Crippen LogP contribution in [0.2, 0.25) is 0 Å². The van der Waals surface area contributed by atoms with Gasteiger partial charge in [-0.1, -0.05) is 0 Å². The Morgan fingerprint density at radius 2 is 2.00 bits per heavy atom. The van der Waals surface area contributed by atoms with Crippen molar-refractivity contribution in [3.8, 4) is 0 Å². The van der Waals surface area contributed by atoms with Gasteiger partial charge in [0, 0.05) is 20.3 Å². The van der Waals surface area contributed by atoms with E-state index >= 15 is 0 Å². The van der Waals surface area contributed by atoms with Crippen LogP contribution >= 0.6 is 0 Å². The van der Waals surface area contributed by atoms with Gasteiger partial charge in [-0.25, -0.2) is 10.4 Å². The van der Waals surface area contributed by atoms with Crippen molar-refractivity contribution in [3.05, 3.63) is 23.9 Å². The third-order valence-corrected chi connectivity index (χ3v) is 1.75. The second-order valence-corrected chi connectivity index (χ2v) is 2.69. The van der Waals surface area contributed by atoms with Crippen LogP contribution in [0.25, 0.3) is 0 Å². The first-order valence-corrected chi connectivity index (χ1v) is 3.89. The Kier molecular flexibility index (Phi) is 2.95. The van der Waals surface area contributed by atoms with Crippen LogP contribution in [-0.2, 0) is 6.18 Å². The van der Waals surface area contributed by atoms with Crippen LogP contribution in [0.3, 0.4) is 0 Å². The number of halogens is 3. The van der Waals surface area contributed by atoms with Gasteiger partial charge in [-0.2, -0.15) is 13.2 Å². The Morgan fingerprint density at radius 1 is 1.36 bits per heavy atom. The monoisotopic (exact) mass is 205 g/mol. The van der Waals surface area contributed by atoms with E-state index in [0.29, 0.717) is 5.82 Å². The quantitative estimate of drug-likeness (QED) is 0.744. The molecule has 1 aromatic rings. The molecule has 14 heavy (non-hydrogen) atoms. The molecule has 0 unspecified atom stereocenters. The number of aromatic nitrogens is 1. The van der Waals surface area contributed by atoms with E-state index in [1.54, 1.807) is 14.1 Å². The van der Waals surface area contributed by atoms with Gasteiger partial charge in [-0.05, 0) is 12.1 Å². The lowest BCUT2D eigenvalue weighted by atomic mass is 10.3. The van der Waals surface area contributed by atoms with E-state index in [1.807, 2.05) is 0 Å². The Morgan fingerprint density at radius 3 is 2.36 bits per heavy atom. The van der Waals surface area contributed by atoms with Gasteiger partial charge < -0.3 is 0 Å². The minimum atomic E-state index is -4.33. The molecule has 0 aromatic carbocycles. The van der Waals surface area contributed by atoms with Crippen LogP contribution in [0.4, 0.5) is 19.0 Å². The first-order valence-electron chi connectivity index (χ1n) is 3.89. The van der Waals surface area contributed by atoms with E-state index in [-0.39, 0.29) is 0 Å². The molecule has 0 spiro atoms. The average molecular weight is 205 g/mol. The van der Waals surface area contributed by atoms with E-state index in [9.17, 15) is 13.2 Å². The number of hydrogen-bond donors (Lipinski definition) is 1. The second kappa shape index (κ2) is 3.83. The zero-order valence-corrected chi connectivity index (χ0v) is 7.76. The van der Waals surface area contributed by atoms with Crippen LogP contribution < -0.4 is 10.4 Å². The third-order valence-electron chi connectivity index (χ3n) is 1.75. The zero-order valence-electron chi connectivity index (χ0n) is 7.76. The molecule has 0 radical (unpaired) electrons. The smallest absolute Gasteiger partial charge is 0.296 e. The molecule has 0 fully saturated rings. The number of pyridine rings is 1. The molecule has 0 saturated carbocycles. The number of rotatable bonds is 2. The lowest BCUT2D eigenvalue weighted by molar-refractivity contribution is -0.137. The van der Waals surface area contributed by atoms with Gasteiger partial charge >= 0.3 is 6.18 Å². The van der Waals surface area contributed by atoms with Crippen molar-refractivity contribution in [2.75, 3.05) is 19.1 Å². The van der Waals surface area contributed by atoms with E-state index in [1.165, 1.54) is 11.1 Å². The molecule has 0 amide bonds. The van der Waals surface area contributed by atoms with E-state index in [4.69, 9.17) is 0 Å². The average Bonchev–Trinajstić information content (AvgIpc) is 2.15. The fourth-order valence-electron chi connectivity index (χ4n) is 0.867. The molecular formula is C8H10F3N3. The molecule has 3 nitrogen and oxygen atoms in total. The second-order valence-electron chi connectivity index (χ2n) is 2.69. The van der Waals surface area contributed by atoms with Crippen molar-refractivity contribution in [1.29, 1.82) is 0 Å². The van der Waals surface area contributed by atoms with Gasteiger partial charge in [-0.3, -0.25) is 5.01 Å². The first kappa shape index (κ1) is 10.8. The van der Waals surface area contributed by atoms with Crippen LogP contribution in [0.15, 0.2) is 18.3 Å². The summed E-state index contributed by atoms with van der Waals surface area (Å²) in [6.07, 6.45) is -3.52. The molecule has 0 aliphatic rings. The number of hydrogen-bond acceptors (Lipinski definition) is 3. The Bertz CT molecular complexity index is 294. The number of anilines is 1. The summed E-state index contributed by atoms with van der Waals surface area (Å²) in [4.78, 5) is 3.66. The fraction of sp³-hybridized carbons (Fsp3) is 0.375. The van der Waals surface area contributed by atoms with E-state index in [0.717, 1.165) is 12.3 Å². The van der Waals surface area contributed by atoms with Crippen LogP contribution in [0.5, 0.6) is 0 Å². The standard InChI is InChI=1S/C8H10F3N3/c1-12-14(2)7-4-3-6(5-13-7)8(9,10)11/h3-5,12H,1-2H3. The predicted octanol–water partition coefficient (Wildman–Crippen LogP) is 1.67. The van der Waals surface area contributed by atoms with E-state index < -0.39 is 11.7 Å². The zero-order chi connectivity index (χ0) is 10.8. The maximum atomic E-state index is 12.1. The van der Waals surface area contributed by atoms with Crippen molar-refractivity contribution in [2.24, 2.45) is 0 Å². The maximum Gasteiger partial charge on any atom is 0.417 e. The highest BCUT2D eigenvalue weighted by Gasteiger charge is 2.30. The fourth-order valence-corrected chi connectivity index (χ4v) is 0.867. The molecule has 0 aliphatic carbocycles. The minimum absolute atomic E-state index is 0.431. The lowest BCUT2D eigenvalue weighted by Crippen LogP contribution is -2.31.